The molecule has 8 bridgehead atoms. The van der Waals surface area contributed by atoms with Crippen molar-refractivity contribution < 1.29 is 4.79 Å². The average molecular weight is 792 g/mol. The van der Waals surface area contributed by atoms with Gasteiger partial charge in [0.15, 0.2) is 0 Å². The summed E-state index contributed by atoms with van der Waals surface area (Å²) in [6, 6.07) is 47.9. The Morgan fingerprint density at radius 1 is 0.574 bits per heavy atom. The molecule has 4 aromatic carbocycles. The van der Waals surface area contributed by atoms with Crippen molar-refractivity contribution in [1.82, 2.24) is 34.8 Å². The minimum atomic E-state index is -0.165. The number of aromatic nitrogens is 6. The van der Waals surface area contributed by atoms with E-state index < -0.39 is 0 Å². The van der Waals surface area contributed by atoms with Crippen LogP contribution in [0.15, 0.2) is 164 Å². The highest BCUT2D eigenvalue weighted by Gasteiger charge is 2.20. The Balaban J connectivity index is 1.28. The summed E-state index contributed by atoms with van der Waals surface area (Å²) in [4.78, 5) is 36.1. The fraction of sp³-hybridized carbons (Fsp3) is 0.0566. The Morgan fingerprint density at radius 3 is 1.66 bits per heavy atom. The van der Waals surface area contributed by atoms with E-state index in [2.05, 4.69) is 136 Å². The highest BCUT2D eigenvalue weighted by atomic mass is 16.1. The van der Waals surface area contributed by atoms with Crippen molar-refractivity contribution in [1.29, 1.82) is 0 Å². The third-order valence-corrected chi connectivity index (χ3v) is 11.0. The number of aromatic amines is 2. The van der Waals surface area contributed by atoms with Crippen molar-refractivity contribution in [3.63, 3.8) is 0 Å². The maximum atomic E-state index is 13.4. The quantitative estimate of drug-likeness (QED) is 0.0947. The molecule has 3 N–H and O–H groups in total. The molecular weight excluding hydrogens is 751 g/mol. The summed E-state index contributed by atoms with van der Waals surface area (Å²) in [5, 5.41) is 3.07. The zero-order chi connectivity index (χ0) is 41.0. The molecule has 0 spiro atoms. The lowest BCUT2D eigenvalue weighted by atomic mass is 10.0. The molecule has 2 aliphatic rings. The van der Waals surface area contributed by atoms with Crippen LogP contribution in [-0.4, -0.2) is 41.9 Å². The number of imidazole rings is 1. The van der Waals surface area contributed by atoms with Crippen molar-refractivity contribution in [2.45, 2.75) is 13.0 Å². The predicted molar refractivity (Wildman–Crippen MR) is 249 cm³/mol. The zero-order valence-electron chi connectivity index (χ0n) is 33.3. The minimum Gasteiger partial charge on any atom is -0.354 e. The summed E-state index contributed by atoms with van der Waals surface area (Å²) >= 11 is 0. The van der Waals surface area contributed by atoms with Gasteiger partial charge in [-0.3, -0.25) is 4.79 Å². The highest BCUT2D eigenvalue weighted by molar-refractivity contribution is 6.03. The van der Waals surface area contributed by atoms with Crippen molar-refractivity contribution in [2.24, 2.45) is 0 Å². The van der Waals surface area contributed by atoms with Crippen LogP contribution in [0.4, 0.5) is 0 Å². The second-order valence-electron chi connectivity index (χ2n) is 15.0. The summed E-state index contributed by atoms with van der Waals surface area (Å²) < 4.78 is 2.01. The van der Waals surface area contributed by atoms with Gasteiger partial charge in [0, 0.05) is 75.9 Å². The van der Waals surface area contributed by atoms with Crippen LogP contribution in [0.2, 0.25) is 0 Å². The topological polar surface area (TPSA) is 104 Å². The molecule has 1 amide bonds. The second-order valence-corrected chi connectivity index (χ2v) is 15.0. The summed E-state index contributed by atoms with van der Waals surface area (Å²) in [5.41, 5.74) is 15.6. The van der Waals surface area contributed by atoms with Gasteiger partial charge in [0.05, 0.1) is 34.6 Å². The van der Waals surface area contributed by atoms with E-state index in [-0.39, 0.29) is 5.91 Å². The Kier molecular flexibility index (Phi) is 10.1. The molecule has 0 saturated carbocycles. The first kappa shape index (κ1) is 37.2. The van der Waals surface area contributed by atoms with Crippen LogP contribution >= 0.6 is 0 Å². The van der Waals surface area contributed by atoms with Crippen molar-refractivity contribution in [3.8, 4) is 44.5 Å². The van der Waals surface area contributed by atoms with Gasteiger partial charge in [0.2, 0.25) is 5.91 Å². The van der Waals surface area contributed by atoms with Gasteiger partial charge in [-0.1, -0.05) is 121 Å². The first-order chi connectivity index (χ1) is 30.2. The van der Waals surface area contributed by atoms with Crippen LogP contribution in [0, 0.1) is 0 Å². The maximum Gasteiger partial charge on any atom is 0.244 e. The number of fused-ring (bicyclic) bond motifs is 8. The van der Waals surface area contributed by atoms with E-state index >= 15 is 0 Å². The Labute approximate surface area is 353 Å². The number of nitrogens with one attached hydrogen (secondary N) is 3. The normalized spacial score (nSPS) is 12.0. The average Bonchev–Trinajstić information content (AvgIpc) is 4.18. The lowest BCUT2D eigenvalue weighted by Gasteiger charge is -2.07. The number of rotatable bonds is 10. The smallest absolute Gasteiger partial charge is 0.244 e. The molecule has 0 atom stereocenters. The van der Waals surface area contributed by atoms with E-state index in [0.717, 1.165) is 108 Å². The number of carbonyl (C=O) groups is 1. The number of nitrogens with zero attached hydrogens (tertiary/aromatic N) is 4. The molecule has 8 nitrogen and oxygen atoms in total. The van der Waals surface area contributed by atoms with E-state index in [1.165, 1.54) is 0 Å². The molecule has 4 aromatic heterocycles. The van der Waals surface area contributed by atoms with Crippen LogP contribution in [-0.2, 0) is 11.3 Å². The molecule has 8 heteroatoms. The van der Waals surface area contributed by atoms with Crippen molar-refractivity contribution in [2.75, 3.05) is 6.54 Å². The molecule has 0 aliphatic carbocycles. The number of hydrogen-bond donors (Lipinski definition) is 3. The molecule has 8 aromatic rings. The van der Waals surface area contributed by atoms with E-state index in [9.17, 15) is 4.79 Å². The summed E-state index contributed by atoms with van der Waals surface area (Å²) in [5.74, 6) is -0.165. The minimum absolute atomic E-state index is 0.165. The summed E-state index contributed by atoms with van der Waals surface area (Å²) in [6.07, 6.45) is 18.2. The molecule has 6 heterocycles. The monoisotopic (exact) mass is 791 g/mol. The van der Waals surface area contributed by atoms with Crippen molar-refractivity contribution in [3.05, 3.63) is 193 Å². The van der Waals surface area contributed by atoms with Crippen LogP contribution in [0.25, 0.3) is 97.0 Å². The molecule has 0 saturated heterocycles. The fourth-order valence-electron chi connectivity index (χ4n) is 8.19. The van der Waals surface area contributed by atoms with Gasteiger partial charge < -0.3 is 19.9 Å². The lowest BCUT2D eigenvalue weighted by Crippen LogP contribution is -2.22. The molecule has 0 unspecified atom stereocenters. The van der Waals surface area contributed by atoms with Gasteiger partial charge in [-0.05, 0) is 77.3 Å². The SMILES string of the molecule is O=C(C=Cc1cc2[nH]c1c(-c1ccccc1)c1nc(c(-c3ccccc3)c3nc(c(-c4ccccc4)c4ccc([nH]4)c2-c2ccccc2)C=C3)C=C1)NCCCn1ccnc1. The molecule has 0 fully saturated rings. The van der Waals surface area contributed by atoms with Crippen LogP contribution in [0.5, 0.6) is 0 Å². The lowest BCUT2D eigenvalue weighted by molar-refractivity contribution is -0.116. The predicted octanol–water partition coefficient (Wildman–Crippen LogP) is 11.7. The standard InChI is InChI=1S/C53H41N7O/c61-48(55-30-13-32-60-33-31-54-35-60)29-22-40-34-47-51(38-18-9-3-10-19-38)45-26-25-43(57-45)49(36-14-5-1-6-15-36)41-23-24-42(56-41)50(37-16-7-2-8-17-37)44-27-28-46(58-44)52(53(40)59-47)39-20-11-4-12-21-39/h1-12,14-29,31,33-35,57,59H,13,30,32H2,(H,55,61). The second kappa shape index (κ2) is 16.6. The van der Waals surface area contributed by atoms with Crippen LogP contribution < -0.4 is 5.32 Å². The number of benzene rings is 4. The van der Waals surface area contributed by atoms with E-state index in [0.29, 0.717) is 6.54 Å². The molecule has 2 aliphatic heterocycles. The van der Waals surface area contributed by atoms with Gasteiger partial charge in [-0.15, -0.1) is 0 Å². The van der Waals surface area contributed by atoms with Gasteiger partial charge >= 0.3 is 0 Å². The first-order valence-corrected chi connectivity index (χ1v) is 20.5. The van der Waals surface area contributed by atoms with E-state index in [1.807, 2.05) is 65.4 Å². The molecule has 61 heavy (non-hydrogen) atoms. The highest BCUT2D eigenvalue weighted by Crippen LogP contribution is 2.39. The van der Waals surface area contributed by atoms with Gasteiger partial charge in [0.1, 0.15) is 0 Å². The third-order valence-electron chi connectivity index (χ3n) is 11.0. The van der Waals surface area contributed by atoms with Crippen molar-refractivity contribution >= 4 is 58.4 Å². The molecule has 10 rings (SSSR count). The Morgan fingerprint density at radius 2 is 1.08 bits per heavy atom. The van der Waals surface area contributed by atoms with Gasteiger partial charge in [-0.2, -0.15) is 0 Å². The van der Waals surface area contributed by atoms with E-state index in [1.54, 1.807) is 18.6 Å². The number of aryl methyl sites for hydroxylation is 1. The maximum absolute atomic E-state index is 13.4. The number of H-pyrrole nitrogens is 2. The van der Waals surface area contributed by atoms with Gasteiger partial charge in [0.25, 0.3) is 0 Å². The van der Waals surface area contributed by atoms with Crippen LogP contribution in [0.3, 0.4) is 0 Å². The summed E-state index contributed by atoms with van der Waals surface area (Å²) in [6.45, 7) is 1.31. The fourth-order valence-corrected chi connectivity index (χ4v) is 8.19. The Hall–Kier alpha value is -8.10. The zero-order valence-corrected chi connectivity index (χ0v) is 33.3. The van der Waals surface area contributed by atoms with E-state index in [4.69, 9.17) is 9.97 Å². The van der Waals surface area contributed by atoms with Gasteiger partial charge in [-0.25, -0.2) is 15.0 Å². The summed E-state index contributed by atoms with van der Waals surface area (Å²) in [7, 11) is 0. The largest absolute Gasteiger partial charge is 0.354 e. The molecule has 294 valence electrons. The third kappa shape index (κ3) is 7.66. The van der Waals surface area contributed by atoms with Crippen LogP contribution in [0.1, 0.15) is 34.8 Å². The number of hydrogen-bond acceptors (Lipinski definition) is 4. The number of amides is 1. The number of carbonyl (C=O) groups excluding carboxylic acids is 1. The first-order valence-electron chi connectivity index (χ1n) is 20.5. The molecular formula is C53H41N7O. The Bertz CT molecular complexity index is 3120. The molecule has 0 radical (unpaired) electrons.